The zero-order valence-corrected chi connectivity index (χ0v) is 15.1. The maximum atomic E-state index is 6.04. The van der Waals surface area contributed by atoms with E-state index in [1.54, 1.807) is 0 Å². The summed E-state index contributed by atoms with van der Waals surface area (Å²) in [4.78, 5) is 8.96. The largest absolute Gasteiger partial charge is 0.383 e. The van der Waals surface area contributed by atoms with E-state index in [2.05, 4.69) is 55.7 Å². The van der Waals surface area contributed by atoms with E-state index in [0.29, 0.717) is 22.6 Å². The summed E-state index contributed by atoms with van der Waals surface area (Å²) in [5, 5.41) is 0.638. The van der Waals surface area contributed by atoms with E-state index in [9.17, 15) is 0 Å². The molecule has 0 atom stereocenters. The van der Waals surface area contributed by atoms with E-state index >= 15 is 0 Å². The molecule has 1 aromatic heterocycles. The van der Waals surface area contributed by atoms with Crippen molar-refractivity contribution in [1.82, 2.24) is 9.97 Å². The molecular formula is C14H14Br2ClN3. The monoisotopic (exact) mass is 417 g/mol. The minimum atomic E-state index is 0.442. The van der Waals surface area contributed by atoms with Crippen molar-refractivity contribution in [2.24, 2.45) is 5.92 Å². The average Bonchev–Trinajstić information content (AvgIpc) is 2.37. The van der Waals surface area contributed by atoms with Crippen LogP contribution in [0.15, 0.2) is 27.1 Å². The lowest BCUT2D eigenvalue weighted by atomic mass is 10.1. The fourth-order valence-electron chi connectivity index (χ4n) is 1.82. The molecule has 0 bridgehead atoms. The molecule has 6 heteroatoms. The molecule has 20 heavy (non-hydrogen) atoms. The van der Waals surface area contributed by atoms with Crippen LogP contribution in [0.4, 0.5) is 5.82 Å². The lowest BCUT2D eigenvalue weighted by molar-refractivity contribution is 0.633. The summed E-state index contributed by atoms with van der Waals surface area (Å²) in [7, 11) is 0. The number of anilines is 1. The molecule has 0 amide bonds. The summed E-state index contributed by atoms with van der Waals surface area (Å²) in [6.07, 6.45) is 0.832. The van der Waals surface area contributed by atoms with Crippen molar-refractivity contribution >= 4 is 49.3 Å². The molecule has 0 saturated heterocycles. The molecule has 0 radical (unpaired) electrons. The zero-order valence-electron chi connectivity index (χ0n) is 11.1. The highest BCUT2D eigenvalue weighted by Crippen LogP contribution is 2.32. The normalized spacial score (nSPS) is 11.1. The molecule has 2 aromatic rings. The highest BCUT2D eigenvalue weighted by molar-refractivity contribution is 9.11. The third-order valence-corrected chi connectivity index (χ3v) is 4.51. The Morgan fingerprint density at radius 2 is 1.95 bits per heavy atom. The van der Waals surface area contributed by atoms with Crippen LogP contribution in [0.2, 0.25) is 5.02 Å². The second-order valence-electron chi connectivity index (χ2n) is 4.92. The van der Waals surface area contributed by atoms with Crippen LogP contribution in [-0.2, 0) is 6.42 Å². The van der Waals surface area contributed by atoms with E-state index in [-0.39, 0.29) is 0 Å². The molecule has 1 heterocycles. The molecule has 2 rings (SSSR count). The van der Waals surface area contributed by atoms with Gasteiger partial charge in [0.2, 0.25) is 0 Å². The van der Waals surface area contributed by atoms with Crippen molar-refractivity contribution in [3.8, 4) is 11.4 Å². The maximum Gasteiger partial charge on any atom is 0.163 e. The van der Waals surface area contributed by atoms with Crippen LogP contribution in [0.1, 0.15) is 19.5 Å². The highest BCUT2D eigenvalue weighted by atomic mass is 79.9. The van der Waals surface area contributed by atoms with Gasteiger partial charge in [0.05, 0.1) is 10.2 Å². The number of hydrogen-bond acceptors (Lipinski definition) is 3. The van der Waals surface area contributed by atoms with E-state index in [1.807, 2.05) is 18.2 Å². The van der Waals surface area contributed by atoms with E-state index in [1.165, 1.54) is 0 Å². The third-order valence-electron chi connectivity index (χ3n) is 2.72. The van der Waals surface area contributed by atoms with Gasteiger partial charge in [-0.15, -0.1) is 0 Å². The van der Waals surface area contributed by atoms with Gasteiger partial charge in [-0.2, -0.15) is 0 Å². The predicted octanol–water partition coefficient (Wildman–Crippen LogP) is 5.10. The summed E-state index contributed by atoms with van der Waals surface area (Å²) in [6, 6.07) is 5.52. The topological polar surface area (TPSA) is 51.8 Å². The smallest absolute Gasteiger partial charge is 0.163 e. The molecule has 0 aliphatic rings. The van der Waals surface area contributed by atoms with Crippen molar-refractivity contribution in [2.45, 2.75) is 20.3 Å². The first-order chi connectivity index (χ1) is 9.38. The van der Waals surface area contributed by atoms with Crippen LogP contribution >= 0.6 is 43.5 Å². The Balaban J connectivity index is 2.57. The summed E-state index contributed by atoms with van der Waals surface area (Å²) >= 11 is 13.0. The van der Waals surface area contributed by atoms with Crippen LogP contribution < -0.4 is 5.73 Å². The van der Waals surface area contributed by atoms with Gasteiger partial charge >= 0.3 is 0 Å². The van der Waals surface area contributed by atoms with Gasteiger partial charge in [-0.3, -0.25) is 0 Å². The first kappa shape index (κ1) is 15.7. The van der Waals surface area contributed by atoms with Crippen LogP contribution in [0.25, 0.3) is 11.4 Å². The van der Waals surface area contributed by atoms with E-state index in [4.69, 9.17) is 17.3 Å². The van der Waals surface area contributed by atoms with Crippen molar-refractivity contribution in [3.05, 3.63) is 37.9 Å². The third kappa shape index (κ3) is 3.51. The Hall–Kier alpha value is -0.650. The second kappa shape index (κ2) is 6.41. The highest BCUT2D eigenvalue weighted by Gasteiger charge is 2.14. The van der Waals surface area contributed by atoms with Gasteiger partial charge in [0, 0.05) is 15.1 Å². The lowest BCUT2D eigenvalue weighted by Gasteiger charge is -2.11. The number of nitrogens with two attached hydrogens (primary N) is 1. The Kier molecular flexibility index (Phi) is 5.04. The molecule has 0 spiro atoms. The number of halogens is 3. The average molecular weight is 420 g/mol. The Labute approximate surface area is 140 Å². The van der Waals surface area contributed by atoms with Gasteiger partial charge in [0.15, 0.2) is 5.82 Å². The minimum Gasteiger partial charge on any atom is -0.383 e. The molecule has 2 N–H and O–H groups in total. The molecule has 0 fully saturated rings. The number of aromatic nitrogens is 2. The maximum absolute atomic E-state index is 6.04. The molecule has 1 aromatic carbocycles. The lowest BCUT2D eigenvalue weighted by Crippen LogP contribution is -2.06. The van der Waals surface area contributed by atoms with Gasteiger partial charge < -0.3 is 5.73 Å². The minimum absolute atomic E-state index is 0.442. The molecule has 0 unspecified atom stereocenters. The standard InChI is InChI=1S/C14H14Br2ClN3/c1-7(2)5-11-12(16)13(18)20-14(19-11)9-6-8(17)3-4-10(9)15/h3-4,6-7H,5H2,1-2H3,(H2,18,19,20). The SMILES string of the molecule is CC(C)Cc1nc(-c2cc(Cl)ccc2Br)nc(N)c1Br. The number of nitrogen functional groups attached to an aromatic ring is 1. The Bertz CT molecular complexity index is 645. The Morgan fingerprint density at radius 1 is 1.25 bits per heavy atom. The predicted molar refractivity (Wildman–Crippen MR) is 90.8 cm³/mol. The summed E-state index contributed by atoms with van der Waals surface area (Å²) in [6.45, 7) is 4.28. The number of rotatable bonds is 3. The van der Waals surface area contributed by atoms with Gasteiger partial charge in [0.1, 0.15) is 5.82 Å². The van der Waals surface area contributed by atoms with Crippen LogP contribution in [0.3, 0.4) is 0 Å². The number of hydrogen-bond donors (Lipinski definition) is 1. The fourth-order valence-corrected chi connectivity index (χ4v) is 2.76. The van der Waals surface area contributed by atoms with Gasteiger partial charge in [-0.05, 0) is 46.5 Å². The van der Waals surface area contributed by atoms with E-state index in [0.717, 1.165) is 26.6 Å². The van der Waals surface area contributed by atoms with Gasteiger partial charge in [-0.1, -0.05) is 41.4 Å². The number of nitrogens with zero attached hydrogens (tertiary/aromatic N) is 2. The molecule has 3 nitrogen and oxygen atoms in total. The summed E-state index contributed by atoms with van der Waals surface area (Å²) in [5.41, 5.74) is 7.72. The quantitative estimate of drug-likeness (QED) is 0.753. The van der Waals surface area contributed by atoms with Crippen LogP contribution in [0, 0.1) is 5.92 Å². The fraction of sp³-hybridized carbons (Fsp3) is 0.286. The number of benzene rings is 1. The summed E-state index contributed by atoms with van der Waals surface area (Å²) < 4.78 is 1.66. The van der Waals surface area contributed by atoms with Crippen molar-refractivity contribution in [3.63, 3.8) is 0 Å². The molecule has 0 aliphatic carbocycles. The first-order valence-electron chi connectivity index (χ1n) is 6.15. The first-order valence-corrected chi connectivity index (χ1v) is 8.12. The van der Waals surface area contributed by atoms with Crippen LogP contribution in [-0.4, -0.2) is 9.97 Å². The molecule has 0 aliphatic heterocycles. The van der Waals surface area contributed by atoms with Crippen molar-refractivity contribution < 1.29 is 0 Å². The van der Waals surface area contributed by atoms with Crippen molar-refractivity contribution in [1.29, 1.82) is 0 Å². The van der Waals surface area contributed by atoms with E-state index < -0.39 is 0 Å². The molecule has 106 valence electrons. The molecule has 0 saturated carbocycles. The summed E-state index contributed by atoms with van der Waals surface area (Å²) in [5.74, 6) is 1.50. The van der Waals surface area contributed by atoms with Gasteiger partial charge in [0.25, 0.3) is 0 Å². The van der Waals surface area contributed by atoms with Gasteiger partial charge in [-0.25, -0.2) is 9.97 Å². The van der Waals surface area contributed by atoms with Crippen molar-refractivity contribution in [2.75, 3.05) is 5.73 Å². The zero-order chi connectivity index (χ0) is 14.9. The van der Waals surface area contributed by atoms with Crippen LogP contribution in [0.5, 0.6) is 0 Å². The Morgan fingerprint density at radius 3 is 2.60 bits per heavy atom. The molecular weight excluding hydrogens is 405 g/mol. The second-order valence-corrected chi connectivity index (χ2v) is 7.00.